The lowest BCUT2D eigenvalue weighted by atomic mass is 10.3. The predicted octanol–water partition coefficient (Wildman–Crippen LogP) is 4.10. The Hall–Kier alpha value is -1.75. The molecule has 0 spiro atoms. The number of hydrogen-bond donors (Lipinski definition) is 1. The highest BCUT2D eigenvalue weighted by Crippen LogP contribution is 2.34. The van der Waals surface area contributed by atoms with E-state index in [-0.39, 0.29) is 4.90 Å². The zero-order chi connectivity index (χ0) is 13.8. The van der Waals surface area contributed by atoms with Gasteiger partial charge >= 0.3 is 0 Å². The number of halogens is 2. The molecule has 0 aromatic heterocycles. The SMILES string of the molecule is CCOc1cc(Sc2cc(F)ccc2F)ccc1N. The van der Waals surface area contributed by atoms with E-state index in [2.05, 4.69) is 0 Å². The first-order chi connectivity index (χ1) is 9.10. The van der Waals surface area contributed by atoms with Gasteiger partial charge in [-0.3, -0.25) is 0 Å². The number of anilines is 1. The van der Waals surface area contributed by atoms with E-state index in [9.17, 15) is 8.78 Å². The lowest BCUT2D eigenvalue weighted by Gasteiger charge is -2.09. The molecule has 0 bridgehead atoms. The van der Waals surface area contributed by atoms with Crippen LogP contribution in [-0.2, 0) is 0 Å². The monoisotopic (exact) mass is 281 g/mol. The standard InChI is InChI=1S/C14H13F2NOS/c1-2-18-13-8-10(4-6-12(13)17)19-14-7-9(15)3-5-11(14)16/h3-8H,2,17H2,1H3. The maximum absolute atomic E-state index is 13.5. The minimum atomic E-state index is -0.468. The molecule has 0 aliphatic heterocycles. The first-order valence-corrected chi connectivity index (χ1v) is 6.57. The molecule has 2 N–H and O–H groups in total. The summed E-state index contributed by atoms with van der Waals surface area (Å²) < 4.78 is 32.0. The van der Waals surface area contributed by atoms with Crippen molar-refractivity contribution in [2.24, 2.45) is 0 Å². The molecule has 2 aromatic carbocycles. The highest BCUT2D eigenvalue weighted by Gasteiger charge is 2.08. The van der Waals surface area contributed by atoms with Crippen molar-refractivity contribution in [2.75, 3.05) is 12.3 Å². The third-order valence-corrected chi connectivity index (χ3v) is 3.43. The number of nitrogens with two attached hydrogens (primary N) is 1. The van der Waals surface area contributed by atoms with E-state index in [1.165, 1.54) is 0 Å². The molecule has 0 atom stereocenters. The topological polar surface area (TPSA) is 35.2 Å². The predicted molar refractivity (Wildman–Crippen MR) is 72.5 cm³/mol. The van der Waals surface area contributed by atoms with Crippen LogP contribution in [-0.4, -0.2) is 6.61 Å². The summed E-state index contributed by atoms with van der Waals surface area (Å²) in [6.07, 6.45) is 0. The van der Waals surface area contributed by atoms with Crippen molar-refractivity contribution in [3.8, 4) is 5.75 Å². The fourth-order valence-electron chi connectivity index (χ4n) is 1.54. The minimum Gasteiger partial charge on any atom is -0.492 e. The van der Waals surface area contributed by atoms with Crippen LogP contribution in [0, 0.1) is 11.6 Å². The molecule has 19 heavy (non-hydrogen) atoms. The zero-order valence-electron chi connectivity index (χ0n) is 10.3. The Bertz CT molecular complexity index is 590. The van der Waals surface area contributed by atoms with Crippen LogP contribution in [0.1, 0.15) is 6.92 Å². The molecule has 0 aliphatic rings. The molecule has 0 fully saturated rings. The van der Waals surface area contributed by atoms with Gasteiger partial charge in [-0.2, -0.15) is 0 Å². The van der Waals surface area contributed by atoms with Gasteiger partial charge in [0.15, 0.2) is 0 Å². The quantitative estimate of drug-likeness (QED) is 0.857. The Morgan fingerprint density at radius 3 is 2.68 bits per heavy atom. The summed E-state index contributed by atoms with van der Waals surface area (Å²) in [4.78, 5) is 0.967. The molecule has 0 unspecified atom stereocenters. The number of nitrogen functional groups attached to an aromatic ring is 1. The van der Waals surface area contributed by atoms with Crippen molar-refractivity contribution >= 4 is 17.4 Å². The molecule has 100 valence electrons. The van der Waals surface area contributed by atoms with Crippen molar-refractivity contribution < 1.29 is 13.5 Å². The molecule has 0 saturated carbocycles. The summed E-state index contributed by atoms with van der Waals surface area (Å²) in [5.41, 5.74) is 6.27. The third-order valence-electron chi connectivity index (χ3n) is 2.41. The maximum atomic E-state index is 13.5. The number of ether oxygens (including phenoxy) is 1. The average molecular weight is 281 g/mol. The normalized spacial score (nSPS) is 10.5. The molecule has 0 aliphatic carbocycles. The summed E-state index contributed by atoms with van der Waals surface area (Å²) in [6, 6.07) is 8.51. The Morgan fingerprint density at radius 1 is 1.16 bits per heavy atom. The van der Waals surface area contributed by atoms with E-state index in [4.69, 9.17) is 10.5 Å². The summed E-state index contributed by atoms with van der Waals surface area (Å²) in [5.74, 6) is -0.380. The van der Waals surface area contributed by atoms with Gasteiger partial charge in [0.2, 0.25) is 0 Å². The molecule has 0 heterocycles. The lowest BCUT2D eigenvalue weighted by Crippen LogP contribution is -1.96. The Labute approximate surface area is 114 Å². The molecule has 2 aromatic rings. The van der Waals surface area contributed by atoms with Crippen LogP contribution in [0.5, 0.6) is 5.75 Å². The van der Waals surface area contributed by atoms with Crippen LogP contribution in [0.25, 0.3) is 0 Å². The molecular weight excluding hydrogens is 268 g/mol. The molecule has 0 amide bonds. The average Bonchev–Trinajstić information content (AvgIpc) is 2.38. The van der Waals surface area contributed by atoms with Gasteiger partial charge in [-0.25, -0.2) is 8.78 Å². The largest absolute Gasteiger partial charge is 0.492 e. The number of hydrogen-bond acceptors (Lipinski definition) is 3. The molecule has 2 rings (SSSR count). The summed E-state index contributed by atoms with van der Waals surface area (Å²) in [6.45, 7) is 2.35. The summed E-state index contributed by atoms with van der Waals surface area (Å²) >= 11 is 1.13. The van der Waals surface area contributed by atoms with Gasteiger partial charge in [0, 0.05) is 4.90 Å². The zero-order valence-corrected chi connectivity index (χ0v) is 11.1. The third kappa shape index (κ3) is 3.38. The highest BCUT2D eigenvalue weighted by molar-refractivity contribution is 7.99. The lowest BCUT2D eigenvalue weighted by molar-refractivity contribution is 0.341. The second kappa shape index (κ2) is 5.93. The molecule has 2 nitrogen and oxygen atoms in total. The Kier molecular flexibility index (Phi) is 4.27. The van der Waals surface area contributed by atoms with Crippen LogP contribution >= 0.6 is 11.8 Å². The van der Waals surface area contributed by atoms with Gasteiger partial charge in [0.05, 0.1) is 17.2 Å². The van der Waals surface area contributed by atoms with Crippen molar-refractivity contribution in [2.45, 2.75) is 16.7 Å². The van der Waals surface area contributed by atoms with Crippen LogP contribution in [0.15, 0.2) is 46.2 Å². The van der Waals surface area contributed by atoms with Crippen molar-refractivity contribution in [1.82, 2.24) is 0 Å². The van der Waals surface area contributed by atoms with E-state index in [0.29, 0.717) is 18.0 Å². The summed E-state index contributed by atoms with van der Waals surface area (Å²) in [7, 11) is 0. The maximum Gasteiger partial charge on any atom is 0.143 e. The van der Waals surface area contributed by atoms with Gasteiger partial charge in [-0.15, -0.1) is 0 Å². The van der Waals surface area contributed by atoms with Crippen LogP contribution in [0.3, 0.4) is 0 Å². The second-order valence-corrected chi connectivity index (χ2v) is 4.92. The Morgan fingerprint density at radius 2 is 1.95 bits per heavy atom. The number of benzene rings is 2. The van der Waals surface area contributed by atoms with E-state index in [0.717, 1.165) is 34.9 Å². The first kappa shape index (κ1) is 13.7. The molecule has 0 saturated heterocycles. The Balaban J connectivity index is 2.28. The first-order valence-electron chi connectivity index (χ1n) is 5.75. The van der Waals surface area contributed by atoms with Gasteiger partial charge in [0.25, 0.3) is 0 Å². The smallest absolute Gasteiger partial charge is 0.143 e. The van der Waals surface area contributed by atoms with Gasteiger partial charge < -0.3 is 10.5 Å². The fourth-order valence-corrected chi connectivity index (χ4v) is 2.43. The van der Waals surface area contributed by atoms with E-state index in [1.54, 1.807) is 18.2 Å². The molecule has 5 heteroatoms. The van der Waals surface area contributed by atoms with Gasteiger partial charge in [-0.05, 0) is 43.3 Å². The molecule has 0 radical (unpaired) electrons. The second-order valence-electron chi connectivity index (χ2n) is 3.81. The van der Waals surface area contributed by atoms with Crippen molar-refractivity contribution in [1.29, 1.82) is 0 Å². The van der Waals surface area contributed by atoms with Gasteiger partial charge in [0.1, 0.15) is 17.4 Å². The van der Waals surface area contributed by atoms with E-state index < -0.39 is 11.6 Å². The molecular formula is C14H13F2NOS. The van der Waals surface area contributed by atoms with Crippen LogP contribution < -0.4 is 10.5 Å². The van der Waals surface area contributed by atoms with Crippen LogP contribution in [0.4, 0.5) is 14.5 Å². The van der Waals surface area contributed by atoms with E-state index in [1.807, 2.05) is 6.92 Å². The van der Waals surface area contributed by atoms with Crippen LogP contribution in [0.2, 0.25) is 0 Å². The van der Waals surface area contributed by atoms with Gasteiger partial charge in [-0.1, -0.05) is 11.8 Å². The summed E-state index contributed by atoms with van der Waals surface area (Å²) in [5, 5.41) is 0. The fraction of sp³-hybridized carbons (Fsp3) is 0.143. The minimum absolute atomic E-state index is 0.229. The highest BCUT2D eigenvalue weighted by atomic mass is 32.2. The van der Waals surface area contributed by atoms with E-state index >= 15 is 0 Å². The number of rotatable bonds is 4. The van der Waals surface area contributed by atoms with Crippen molar-refractivity contribution in [3.05, 3.63) is 48.0 Å². The van der Waals surface area contributed by atoms with Crippen molar-refractivity contribution in [3.63, 3.8) is 0 Å².